The van der Waals surface area contributed by atoms with Crippen LogP contribution in [0.5, 0.6) is 0 Å². The van der Waals surface area contributed by atoms with Gasteiger partial charge in [-0.3, -0.25) is 9.36 Å². The van der Waals surface area contributed by atoms with E-state index in [1.807, 2.05) is 38.1 Å². The van der Waals surface area contributed by atoms with Crippen LogP contribution in [0.3, 0.4) is 0 Å². The quantitative estimate of drug-likeness (QED) is 0.865. The van der Waals surface area contributed by atoms with Crippen LogP contribution in [-0.2, 0) is 18.3 Å². The Labute approximate surface area is 147 Å². The van der Waals surface area contributed by atoms with Crippen molar-refractivity contribution in [2.45, 2.75) is 12.6 Å². The molecule has 1 unspecified atom stereocenters. The molecule has 25 heavy (non-hydrogen) atoms. The largest absolute Gasteiger partial charge is 0.368 e. The average molecular weight is 347 g/mol. The van der Waals surface area contributed by atoms with E-state index in [1.54, 1.807) is 22.0 Å². The molecule has 1 N–H and O–H groups in total. The SMILES string of the molecule is CN(C)CCn1cc(NC(=O)N2CCOC(c3ccnn3C)C2)cn1. The highest BCUT2D eigenvalue weighted by Gasteiger charge is 2.27. The van der Waals surface area contributed by atoms with Crippen molar-refractivity contribution < 1.29 is 9.53 Å². The number of hydrogen-bond donors (Lipinski definition) is 1. The second kappa shape index (κ2) is 7.66. The van der Waals surface area contributed by atoms with Gasteiger partial charge in [-0.2, -0.15) is 10.2 Å². The molecule has 1 aliphatic rings. The van der Waals surface area contributed by atoms with Crippen LogP contribution in [0.2, 0.25) is 0 Å². The molecule has 2 aromatic rings. The Morgan fingerprint density at radius 3 is 3.00 bits per heavy atom. The molecule has 0 aromatic carbocycles. The van der Waals surface area contributed by atoms with Gasteiger partial charge in [0.25, 0.3) is 0 Å². The van der Waals surface area contributed by atoms with Crippen molar-refractivity contribution in [3.05, 3.63) is 30.4 Å². The summed E-state index contributed by atoms with van der Waals surface area (Å²) in [5.74, 6) is 0. The van der Waals surface area contributed by atoms with Crippen molar-refractivity contribution in [1.29, 1.82) is 0 Å². The van der Waals surface area contributed by atoms with E-state index < -0.39 is 0 Å². The van der Waals surface area contributed by atoms with Gasteiger partial charge in [-0.15, -0.1) is 0 Å². The van der Waals surface area contributed by atoms with Gasteiger partial charge in [0.05, 0.1) is 37.3 Å². The van der Waals surface area contributed by atoms with E-state index in [0.717, 1.165) is 18.8 Å². The first-order valence-electron chi connectivity index (χ1n) is 8.35. The maximum Gasteiger partial charge on any atom is 0.322 e. The van der Waals surface area contributed by atoms with Crippen LogP contribution in [0.1, 0.15) is 11.8 Å². The molecule has 1 atom stereocenters. The van der Waals surface area contributed by atoms with Gasteiger partial charge in [-0.1, -0.05) is 0 Å². The number of likely N-dealkylation sites (N-methyl/N-ethyl adjacent to an activating group) is 1. The molecule has 1 aliphatic heterocycles. The summed E-state index contributed by atoms with van der Waals surface area (Å²) in [6.07, 6.45) is 5.10. The third-order valence-corrected chi connectivity index (χ3v) is 4.20. The molecule has 0 spiro atoms. The van der Waals surface area contributed by atoms with Crippen molar-refractivity contribution in [2.24, 2.45) is 7.05 Å². The van der Waals surface area contributed by atoms with E-state index in [1.165, 1.54) is 0 Å². The van der Waals surface area contributed by atoms with Gasteiger partial charge in [0.1, 0.15) is 6.10 Å². The molecule has 2 aromatic heterocycles. The van der Waals surface area contributed by atoms with Crippen molar-refractivity contribution in [1.82, 2.24) is 29.4 Å². The highest BCUT2D eigenvalue weighted by molar-refractivity contribution is 5.89. The third kappa shape index (κ3) is 4.37. The minimum Gasteiger partial charge on any atom is -0.368 e. The molecular weight excluding hydrogens is 322 g/mol. The molecule has 2 amide bonds. The maximum atomic E-state index is 12.5. The number of nitrogens with one attached hydrogen (secondary N) is 1. The first-order valence-corrected chi connectivity index (χ1v) is 8.35. The highest BCUT2D eigenvalue weighted by atomic mass is 16.5. The normalized spacial score (nSPS) is 17.9. The van der Waals surface area contributed by atoms with E-state index in [0.29, 0.717) is 25.4 Å². The van der Waals surface area contributed by atoms with E-state index in [4.69, 9.17) is 4.74 Å². The number of anilines is 1. The van der Waals surface area contributed by atoms with Gasteiger partial charge in [-0.25, -0.2) is 4.79 Å². The molecule has 0 bridgehead atoms. The molecule has 1 saturated heterocycles. The summed E-state index contributed by atoms with van der Waals surface area (Å²) in [5.41, 5.74) is 1.67. The summed E-state index contributed by atoms with van der Waals surface area (Å²) >= 11 is 0. The fraction of sp³-hybridized carbons (Fsp3) is 0.562. The smallest absolute Gasteiger partial charge is 0.322 e. The Hall–Kier alpha value is -2.39. The van der Waals surface area contributed by atoms with Crippen LogP contribution in [0.4, 0.5) is 10.5 Å². The first-order chi connectivity index (χ1) is 12.0. The van der Waals surface area contributed by atoms with Gasteiger partial charge in [-0.05, 0) is 20.2 Å². The Morgan fingerprint density at radius 1 is 1.44 bits per heavy atom. The van der Waals surface area contributed by atoms with Gasteiger partial charge in [0, 0.05) is 32.5 Å². The lowest BCUT2D eigenvalue weighted by molar-refractivity contribution is -0.0175. The minimum absolute atomic E-state index is 0.136. The van der Waals surface area contributed by atoms with Crippen LogP contribution < -0.4 is 5.32 Å². The number of carbonyl (C=O) groups is 1. The van der Waals surface area contributed by atoms with Gasteiger partial charge in [0.15, 0.2) is 0 Å². The fourth-order valence-corrected chi connectivity index (χ4v) is 2.77. The maximum absolute atomic E-state index is 12.5. The molecule has 0 radical (unpaired) electrons. The van der Waals surface area contributed by atoms with E-state index in [9.17, 15) is 4.79 Å². The number of urea groups is 1. The van der Waals surface area contributed by atoms with Crippen LogP contribution in [0.25, 0.3) is 0 Å². The Kier molecular flexibility index (Phi) is 5.34. The number of ether oxygens (including phenoxy) is 1. The monoisotopic (exact) mass is 347 g/mol. The van der Waals surface area contributed by atoms with E-state index >= 15 is 0 Å². The van der Waals surface area contributed by atoms with E-state index in [-0.39, 0.29) is 12.1 Å². The summed E-state index contributed by atoms with van der Waals surface area (Å²) in [4.78, 5) is 16.4. The van der Waals surface area contributed by atoms with Crippen molar-refractivity contribution in [3.63, 3.8) is 0 Å². The zero-order chi connectivity index (χ0) is 17.8. The fourth-order valence-electron chi connectivity index (χ4n) is 2.77. The van der Waals surface area contributed by atoms with E-state index in [2.05, 4.69) is 20.4 Å². The zero-order valence-electron chi connectivity index (χ0n) is 14.9. The lowest BCUT2D eigenvalue weighted by Crippen LogP contribution is -2.44. The lowest BCUT2D eigenvalue weighted by atomic mass is 10.2. The average Bonchev–Trinajstić information content (AvgIpc) is 3.22. The zero-order valence-corrected chi connectivity index (χ0v) is 14.9. The number of hydrogen-bond acceptors (Lipinski definition) is 5. The summed E-state index contributed by atoms with van der Waals surface area (Å²) in [5, 5.41) is 11.4. The molecular formula is C16H25N7O2. The van der Waals surface area contributed by atoms with Crippen LogP contribution in [0, 0.1) is 0 Å². The molecule has 3 rings (SSSR count). The third-order valence-electron chi connectivity index (χ3n) is 4.20. The number of morpholine rings is 1. The molecule has 1 fully saturated rings. The predicted molar refractivity (Wildman–Crippen MR) is 93.3 cm³/mol. The molecule has 9 nitrogen and oxygen atoms in total. The predicted octanol–water partition coefficient (Wildman–Crippen LogP) is 0.784. The molecule has 0 aliphatic carbocycles. The second-order valence-corrected chi connectivity index (χ2v) is 6.41. The number of carbonyl (C=O) groups excluding carboxylic acids is 1. The van der Waals surface area contributed by atoms with Gasteiger partial charge >= 0.3 is 6.03 Å². The van der Waals surface area contributed by atoms with Gasteiger partial charge < -0.3 is 19.9 Å². The first kappa shape index (κ1) is 17.4. The summed E-state index contributed by atoms with van der Waals surface area (Å²) < 4.78 is 9.39. The lowest BCUT2D eigenvalue weighted by Gasteiger charge is -2.32. The number of nitrogens with zero attached hydrogens (tertiary/aromatic N) is 6. The van der Waals surface area contributed by atoms with Crippen molar-refractivity contribution in [2.75, 3.05) is 45.7 Å². The summed E-state index contributed by atoms with van der Waals surface area (Å²) in [6.45, 7) is 3.24. The van der Waals surface area contributed by atoms with Crippen LogP contribution in [0.15, 0.2) is 24.7 Å². The van der Waals surface area contributed by atoms with Crippen LogP contribution in [-0.4, -0.2) is 75.7 Å². The van der Waals surface area contributed by atoms with Gasteiger partial charge in [0.2, 0.25) is 0 Å². The molecule has 0 saturated carbocycles. The van der Waals surface area contributed by atoms with Crippen molar-refractivity contribution >= 4 is 11.7 Å². The summed E-state index contributed by atoms with van der Waals surface area (Å²) in [7, 11) is 5.91. The number of amides is 2. The molecule has 9 heteroatoms. The topological polar surface area (TPSA) is 80.5 Å². The molecule has 136 valence electrons. The molecule has 3 heterocycles. The highest BCUT2D eigenvalue weighted by Crippen LogP contribution is 2.22. The van der Waals surface area contributed by atoms with Crippen LogP contribution >= 0.6 is 0 Å². The Balaban J connectivity index is 1.57. The Bertz CT molecular complexity index is 709. The van der Waals surface area contributed by atoms with Crippen molar-refractivity contribution in [3.8, 4) is 0 Å². The number of rotatable bonds is 5. The standard InChI is InChI=1S/C16H25N7O2/c1-20(2)6-7-23-11-13(10-18-23)19-16(24)22-8-9-25-15(12-22)14-4-5-17-21(14)3/h4-5,10-11,15H,6-9,12H2,1-3H3,(H,19,24). The number of aryl methyl sites for hydroxylation is 1. The second-order valence-electron chi connectivity index (χ2n) is 6.41. The summed E-state index contributed by atoms with van der Waals surface area (Å²) in [6, 6.07) is 1.78. The number of aromatic nitrogens is 4. The Morgan fingerprint density at radius 2 is 2.28 bits per heavy atom. The minimum atomic E-state index is -0.158.